The number of nitrogens with zero attached hydrogens (tertiary/aromatic N) is 1. The summed E-state index contributed by atoms with van der Waals surface area (Å²) < 4.78 is 0. The molecule has 110 valence electrons. The van der Waals surface area contributed by atoms with E-state index in [1.807, 2.05) is 0 Å². The van der Waals surface area contributed by atoms with Gasteiger partial charge in [-0.15, -0.1) is 0 Å². The Morgan fingerprint density at radius 2 is 1.58 bits per heavy atom. The molecular formula is C17H31NO. The SMILES string of the molecule is CCN(CCCO)CCC12CC3CC(CC(C3)C1)C2. The molecule has 0 amide bonds. The van der Waals surface area contributed by atoms with E-state index >= 15 is 0 Å². The Morgan fingerprint density at radius 3 is 2.05 bits per heavy atom. The molecule has 4 saturated carbocycles. The highest BCUT2D eigenvalue weighted by Crippen LogP contribution is 2.61. The highest BCUT2D eigenvalue weighted by Gasteiger charge is 2.50. The summed E-state index contributed by atoms with van der Waals surface area (Å²) >= 11 is 0. The molecular weight excluding hydrogens is 234 g/mol. The fraction of sp³-hybridized carbons (Fsp3) is 1.00. The first-order valence-corrected chi connectivity index (χ1v) is 8.56. The average molecular weight is 265 g/mol. The molecule has 0 aromatic rings. The van der Waals surface area contributed by atoms with Crippen LogP contribution in [0.2, 0.25) is 0 Å². The first-order chi connectivity index (χ1) is 9.23. The lowest BCUT2D eigenvalue weighted by molar-refractivity contribution is -0.0609. The lowest BCUT2D eigenvalue weighted by Crippen LogP contribution is -2.47. The van der Waals surface area contributed by atoms with E-state index in [0.717, 1.165) is 42.7 Å². The summed E-state index contributed by atoms with van der Waals surface area (Å²) in [7, 11) is 0. The van der Waals surface area contributed by atoms with Crippen LogP contribution in [0.25, 0.3) is 0 Å². The van der Waals surface area contributed by atoms with Crippen LogP contribution in [0, 0.1) is 23.2 Å². The first-order valence-electron chi connectivity index (χ1n) is 8.56. The van der Waals surface area contributed by atoms with Gasteiger partial charge in [0, 0.05) is 13.2 Å². The van der Waals surface area contributed by atoms with Gasteiger partial charge < -0.3 is 10.0 Å². The molecule has 0 unspecified atom stereocenters. The summed E-state index contributed by atoms with van der Waals surface area (Å²) in [6, 6.07) is 0. The van der Waals surface area contributed by atoms with Gasteiger partial charge in [-0.2, -0.15) is 0 Å². The molecule has 4 fully saturated rings. The maximum absolute atomic E-state index is 8.98. The molecule has 4 aliphatic rings. The minimum Gasteiger partial charge on any atom is -0.396 e. The minimum atomic E-state index is 0.341. The molecule has 0 radical (unpaired) electrons. The van der Waals surface area contributed by atoms with Crippen molar-refractivity contribution in [3.63, 3.8) is 0 Å². The molecule has 0 saturated heterocycles. The van der Waals surface area contributed by atoms with Gasteiger partial charge in [0.1, 0.15) is 0 Å². The van der Waals surface area contributed by atoms with E-state index in [1.165, 1.54) is 32.2 Å². The zero-order valence-electron chi connectivity index (χ0n) is 12.6. The molecule has 1 N–H and O–H groups in total. The van der Waals surface area contributed by atoms with Crippen LogP contribution in [0.5, 0.6) is 0 Å². The van der Waals surface area contributed by atoms with Crippen molar-refractivity contribution in [2.75, 3.05) is 26.2 Å². The van der Waals surface area contributed by atoms with Crippen LogP contribution in [-0.4, -0.2) is 36.2 Å². The largest absolute Gasteiger partial charge is 0.396 e. The third-order valence-electron chi connectivity index (χ3n) is 6.20. The Morgan fingerprint density at radius 1 is 1.00 bits per heavy atom. The van der Waals surface area contributed by atoms with Gasteiger partial charge in [-0.25, -0.2) is 0 Å². The Balaban J connectivity index is 1.54. The topological polar surface area (TPSA) is 23.5 Å². The van der Waals surface area contributed by atoms with Gasteiger partial charge in [-0.1, -0.05) is 6.92 Å². The van der Waals surface area contributed by atoms with E-state index in [9.17, 15) is 0 Å². The number of aliphatic hydroxyl groups is 1. The monoisotopic (exact) mass is 265 g/mol. The number of hydrogen-bond acceptors (Lipinski definition) is 2. The third kappa shape index (κ3) is 3.00. The Hall–Kier alpha value is -0.0800. The highest BCUT2D eigenvalue weighted by atomic mass is 16.3. The van der Waals surface area contributed by atoms with Gasteiger partial charge in [0.2, 0.25) is 0 Å². The summed E-state index contributed by atoms with van der Waals surface area (Å²) in [4.78, 5) is 2.55. The van der Waals surface area contributed by atoms with Crippen molar-refractivity contribution < 1.29 is 5.11 Å². The molecule has 0 aromatic carbocycles. The highest BCUT2D eigenvalue weighted by molar-refractivity contribution is 5.01. The fourth-order valence-corrected chi connectivity index (χ4v) is 5.71. The molecule has 2 heteroatoms. The summed E-state index contributed by atoms with van der Waals surface area (Å²) in [5, 5.41) is 8.98. The molecule has 0 aromatic heterocycles. The van der Waals surface area contributed by atoms with Crippen molar-refractivity contribution in [3.05, 3.63) is 0 Å². The summed E-state index contributed by atoms with van der Waals surface area (Å²) in [5.74, 6) is 3.25. The van der Waals surface area contributed by atoms with Crippen molar-refractivity contribution in [2.45, 2.75) is 58.3 Å². The van der Waals surface area contributed by atoms with Crippen molar-refractivity contribution in [2.24, 2.45) is 23.2 Å². The lowest BCUT2D eigenvalue weighted by atomic mass is 9.49. The Kier molecular flexibility index (Phi) is 4.19. The smallest absolute Gasteiger partial charge is 0.0443 e. The van der Waals surface area contributed by atoms with E-state index in [2.05, 4.69) is 11.8 Å². The van der Waals surface area contributed by atoms with E-state index in [-0.39, 0.29) is 0 Å². The van der Waals surface area contributed by atoms with E-state index < -0.39 is 0 Å². The summed E-state index contributed by atoms with van der Waals surface area (Å²) in [6.07, 6.45) is 11.7. The number of rotatable bonds is 7. The predicted molar refractivity (Wildman–Crippen MR) is 79.0 cm³/mol. The molecule has 2 nitrogen and oxygen atoms in total. The van der Waals surface area contributed by atoms with Gasteiger partial charge >= 0.3 is 0 Å². The minimum absolute atomic E-state index is 0.341. The zero-order valence-corrected chi connectivity index (χ0v) is 12.6. The van der Waals surface area contributed by atoms with Gasteiger partial charge in [0.05, 0.1) is 0 Å². The van der Waals surface area contributed by atoms with Gasteiger partial charge in [0.25, 0.3) is 0 Å². The quantitative estimate of drug-likeness (QED) is 0.763. The van der Waals surface area contributed by atoms with E-state index in [4.69, 9.17) is 5.11 Å². The van der Waals surface area contributed by atoms with Crippen molar-refractivity contribution in [1.82, 2.24) is 4.90 Å². The van der Waals surface area contributed by atoms with Crippen LogP contribution < -0.4 is 0 Å². The molecule has 4 rings (SSSR count). The number of aliphatic hydroxyl groups excluding tert-OH is 1. The summed E-state index contributed by atoms with van der Waals surface area (Å²) in [5.41, 5.74) is 0.724. The van der Waals surface area contributed by atoms with Crippen LogP contribution in [0.1, 0.15) is 58.3 Å². The Labute approximate surface area is 118 Å². The zero-order chi connectivity index (χ0) is 13.3. The second-order valence-corrected chi connectivity index (χ2v) is 7.68. The predicted octanol–water partition coefficient (Wildman–Crippen LogP) is 3.30. The van der Waals surface area contributed by atoms with Crippen molar-refractivity contribution in [1.29, 1.82) is 0 Å². The van der Waals surface area contributed by atoms with Crippen LogP contribution >= 0.6 is 0 Å². The second kappa shape index (κ2) is 5.73. The van der Waals surface area contributed by atoms with Crippen molar-refractivity contribution >= 4 is 0 Å². The normalized spacial score (nSPS) is 40.3. The number of hydrogen-bond donors (Lipinski definition) is 1. The van der Waals surface area contributed by atoms with Gasteiger partial charge in [-0.05, 0) is 87.6 Å². The van der Waals surface area contributed by atoms with E-state index in [0.29, 0.717) is 6.61 Å². The van der Waals surface area contributed by atoms with Gasteiger partial charge in [0.15, 0.2) is 0 Å². The lowest BCUT2D eigenvalue weighted by Gasteiger charge is -2.57. The summed E-state index contributed by atoms with van der Waals surface area (Å²) in [6.45, 7) is 6.10. The average Bonchev–Trinajstić information content (AvgIpc) is 2.37. The van der Waals surface area contributed by atoms with Crippen LogP contribution in [0.4, 0.5) is 0 Å². The van der Waals surface area contributed by atoms with Crippen LogP contribution in [-0.2, 0) is 0 Å². The third-order valence-corrected chi connectivity index (χ3v) is 6.20. The van der Waals surface area contributed by atoms with Gasteiger partial charge in [-0.3, -0.25) is 0 Å². The molecule has 19 heavy (non-hydrogen) atoms. The molecule has 0 aliphatic heterocycles. The first kappa shape index (κ1) is 13.9. The molecule has 4 bridgehead atoms. The van der Waals surface area contributed by atoms with E-state index in [1.54, 1.807) is 19.3 Å². The fourth-order valence-electron chi connectivity index (χ4n) is 5.71. The standard InChI is InChI=1S/C17H31NO/c1-2-18(5-3-7-19)6-4-17-11-14-8-15(12-17)10-16(9-14)13-17/h14-16,19H,2-13H2,1H3. The van der Waals surface area contributed by atoms with Crippen molar-refractivity contribution in [3.8, 4) is 0 Å². The second-order valence-electron chi connectivity index (χ2n) is 7.68. The maximum atomic E-state index is 8.98. The molecule has 0 spiro atoms. The maximum Gasteiger partial charge on any atom is 0.0443 e. The Bertz CT molecular complexity index is 266. The van der Waals surface area contributed by atoms with Crippen LogP contribution in [0.15, 0.2) is 0 Å². The molecule has 0 heterocycles. The molecule has 0 atom stereocenters. The molecule has 4 aliphatic carbocycles. The van der Waals surface area contributed by atoms with Crippen LogP contribution in [0.3, 0.4) is 0 Å².